The van der Waals surface area contributed by atoms with E-state index in [0.29, 0.717) is 12.2 Å². The van der Waals surface area contributed by atoms with Gasteiger partial charge in [0.05, 0.1) is 12.1 Å². The molecule has 5 nitrogen and oxygen atoms in total. The monoisotopic (exact) mass is 170 g/mol. The van der Waals surface area contributed by atoms with Crippen LogP contribution in [0.2, 0.25) is 0 Å². The molecule has 1 heterocycles. The fourth-order valence-electron chi connectivity index (χ4n) is 0.841. The second-order valence-electron chi connectivity index (χ2n) is 2.45. The molecule has 0 saturated carbocycles. The summed E-state index contributed by atoms with van der Waals surface area (Å²) in [6.07, 6.45) is 0.699. The number of nitrogens with zero attached hydrogens (tertiary/aromatic N) is 1. The third-order valence-corrected chi connectivity index (χ3v) is 1.60. The highest BCUT2D eigenvalue weighted by molar-refractivity contribution is 5.19. The van der Waals surface area contributed by atoms with E-state index in [9.17, 15) is 10.1 Å². The number of rotatable bonds is 3. The Bertz CT molecular complexity index is 282. The van der Waals surface area contributed by atoms with Gasteiger partial charge >= 0.3 is 5.88 Å². The van der Waals surface area contributed by atoms with Crippen LogP contribution >= 0.6 is 0 Å². The third kappa shape index (κ3) is 1.62. The molecule has 0 spiro atoms. The van der Waals surface area contributed by atoms with Crippen LogP contribution in [0.5, 0.6) is 0 Å². The Kier molecular flexibility index (Phi) is 2.44. The van der Waals surface area contributed by atoms with Crippen LogP contribution in [0.4, 0.5) is 5.88 Å². The predicted octanol–water partition coefficient (Wildman–Crippen LogP) is 1.60. The Morgan fingerprint density at radius 1 is 1.75 bits per heavy atom. The van der Waals surface area contributed by atoms with E-state index in [1.807, 2.05) is 6.92 Å². The number of hydrogen-bond donors (Lipinski definition) is 1. The van der Waals surface area contributed by atoms with Gasteiger partial charge < -0.3 is 10.2 Å². The Balaban J connectivity index is 2.84. The number of hydrogen-bond acceptors (Lipinski definition) is 4. The van der Waals surface area contributed by atoms with Crippen molar-refractivity contribution in [2.75, 3.05) is 0 Å². The van der Waals surface area contributed by atoms with Gasteiger partial charge in [0.2, 0.25) is 0 Å². The van der Waals surface area contributed by atoms with E-state index in [1.54, 1.807) is 0 Å². The van der Waals surface area contributed by atoms with Crippen LogP contribution in [0.25, 0.3) is 0 Å². The molecule has 0 aromatic carbocycles. The van der Waals surface area contributed by atoms with Crippen LogP contribution in [0.3, 0.4) is 0 Å². The smallest absolute Gasteiger partial charge is 0.404 e. The van der Waals surface area contributed by atoms with Crippen LogP contribution in [-0.2, 0) is 0 Å². The lowest BCUT2D eigenvalue weighted by molar-refractivity contribution is -0.402. The second-order valence-corrected chi connectivity index (χ2v) is 2.45. The highest BCUT2D eigenvalue weighted by atomic mass is 16.6. The van der Waals surface area contributed by atoms with Crippen molar-refractivity contribution < 1.29 is 9.34 Å². The first-order chi connectivity index (χ1) is 5.65. The van der Waals surface area contributed by atoms with E-state index in [1.165, 1.54) is 12.1 Å². The summed E-state index contributed by atoms with van der Waals surface area (Å²) in [5.74, 6) is 0.207. The fraction of sp³-hybridized carbons (Fsp3) is 0.429. The maximum absolute atomic E-state index is 10.2. The zero-order valence-electron chi connectivity index (χ0n) is 6.69. The van der Waals surface area contributed by atoms with Crippen molar-refractivity contribution >= 4 is 5.88 Å². The minimum absolute atomic E-state index is 0.251. The standard InChI is InChI=1S/C7H10N2O3/c1-2-5(8)6-3-4-7(12-6)9(10)11/h3-5H,2,8H2,1H3/t5-/m0/s1. The zero-order valence-corrected chi connectivity index (χ0v) is 6.69. The van der Waals surface area contributed by atoms with Gasteiger partial charge in [0.25, 0.3) is 0 Å². The number of nitro groups is 1. The van der Waals surface area contributed by atoms with Crippen LogP contribution in [0, 0.1) is 10.1 Å². The maximum atomic E-state index is 10.2. The third-order valence-electron chi connectivity index (χ3n) is 1.60. The van der Waals surface area contributed by atoms with Crippen molar-refractivity contribution in [2.24, 2.45) is 5.73 Å². The summed E-state index contributed by atoms with van der Waals surface area (Å²) in [5.41, 5.74) is 5.59. The molecular formula is C7H10N2O3. The average molecular weight is 170 g/mol. The molecule has 0 aliphatic rings. The van der Waals surface area contributed by atoms with Gasteiger partial charge in [-0.15, -0.1) is 0 Å². The van der Waals surface area contributed by atoms with Crippen molar-refractivity contribution in [3.63, 3.8) is 0 Å². The molecule has 0 saturated heterocycles. The minimum atomic E-state index is -0.578. The summed E-state index contributed by atoms with van der Waals surface area (Å²) in [4.78, 5) is 9.62. The highest BCUT2D eigenvalue weighted by Crippen LogP contribution is 2.21. The predicted molar refractivity (Wildman–Crippen MR) is 42.6 cm³/mol. The number of nitrogens with two attached hydrogens (primary N) is 1. The fourth-order valence-corrected chi connectivity index (χ4v) is 0.841. The molecule has 12 heavy (non-hydrogen) atoms. The minimum Gasteiger partial charge on any atom is -0.404 e. The van der Waals surface area contributed by atoms with Gasteiger partial charge in [-0.25, -0.2) is 0 Å². The molecule has 5 heteroatoms. The van der Waals surface area contributed by atoms with Crippen LogP contribution in [0.1, 0.15) is 25.1 Å². The molecule has 66 valence electrons. The molecule has 0 unspecified atom stereocenters. The van der Waals surface area contributed by atoms with Crippen molar-refractivity contribution in [3.05, 3.63) is 28.0 Å². The quantitative estimate of drug-likeness (QED) is 0.551. The Labute approximate surface area is 69.3 Å². The lowest BCUT2D eigenvalue weighted by Gasteiger charge is -2.01. The lowest BCUT2D eigenvalue weighted by Crippen LogP contribution is -2.06. The largest absolute Gasteiger partial charge is 0.433 e. The van der Waals surface area contributed by atoms with Gasteiger partial charge in [0, 0.05) is 0 Å². The van der Waals surface area contributed by atoms with E-state index in [0.717, 1.165) is 0 Å². The highest BCUT2D eigenvalue weighted by Gasteiger charge is 2.14. The van der Waals surface area contributed by atoms with Gasteiger partial charge in [0.15, 0.2) is 0 Å². The summed E-state index contributed by atoms with van der Waals surface area (Å²) < 4.78 is 4.87. The van der Waals surface area contributed by atoms with E-state index >= 15 is 0 Å². The van der Waals surface area contributed by atoms with Crippen LogP contribution in [0.15, 0.2) is 16.5 Å². The van der Waals surface area contributed by atoms with Gasteiger partial charge in [-0.2, -0.15) is 0 Å². The van der Waals surface area contributed by atoms with E-state index in [4.69, 9.17) is 10.2 Å². The Morgan fingerprint density at radius 3 is 2.83 bits per heavy atom. The molecule has 1 aromatic heterocycles. The van der Waals surface area contributed by atoms with E-state index < -0.39 is 4.92 Å². The summed E-state index contributed by atoms with van der Waals surface area (Å²) in [6.45, 7) is 1.89. The van der Waals surface area contributed by atoms with Gasteiger partial charge in [-0.3, -0.25) is 10.1 Å². The zero-order chi connectivity index (χ0) is 9.14. The lowest BCUT2D eigenvalue weighted by atomic mass is 10.2. The first kappa shape index (κ1) is 8.73. The summed E-state index contributed by atoms with van der Waals surface area (Å²) in [6, 6.07) is 2.59. The molecule has 0 aliphatic heterocycles. The number of furan rings is 1. The van der Waals surface area contributed by atoms with E-state index in [-0.39, 0.29) is 11.9 Å². The summed E-state index contributed by atoms with van der Waals surface area (Å²) in [7, 11) is 0. The van der Waals surface area contributed by atoms with Crippen molar-refractivity contribution in [1.29, 1.82) is 0 Å². The molecule has 0 amide bonds. The Morgan fingerprint density at radius 2 is 2.42 bits per heavy atom. The molecule has 0 fully saturated rings. The maximum Gasteiger partial charge on any atom is 0.433 e. The van der Waals surface area contributed by atoms with Gasteiger partial charge in [0.1, 0.15) is 10.7 Å². The SMILES string of the molecule is CC[C@H](N)c1ccc([N+](=O)[O-])o1. The molecule has 0 bridgehead atoms. The molecule has 0 radical (unpaired) electrons. The normalized spacial score (nSPS) is 12.8. The Hall–Kier alpha value is -1.36. The first-order valence-corrected chi connectivity index (χ1v) is 3.65. The summed E-state index contributed by atoms with van der Waals surface area (Å²) >= 11 is 0. The molecular weight excluding hydrogens is 160 g/mol. The average Bonchev–Trinajstić information content (AvgIpc) is 2.51. The topological polar surface area (TPSA) is 82.3 Å². The van der Waals surface area contributed by atoms with E-state index in [2.05, 4.69) is 0 Å². The van der Waals surface area contributed by atoms with Gasteiger partial charge in [-0.1, -0.05) is 6.92 Å². The molecule has 2 N–H and O–H groups in total. The summed E-state index contributed by atoms with van der Waals surface area (Å²) in [5, 5.41) is 10.2. The van der Waals surface area contributed by atoms with Crippen molar-refractivity contribution in [3.8, 4) is 0 Å². The van der Waals surface area contributed by atoms with Crippen molar-refractivity contribution in [2.45, 2.75) is 19.4 Å². The molecule has 1 aromatic rings. The van der Waals surface area contributed by atoms with Crippen LogP contribution in [-0.4, -0.2) is 4.92 Å². The first-order valence-electron chi connectivity index (χ1n) is 3.65. The molecule has 1 atom stereocenters. The molecule has 0 aliphatic carbocycles. The second kappa shape index (κ2) is 3.36. The molecule has 1 rings (SSSR count). The van der Waals surface area contributed by atoms with Gasteiger partial charge in [-0.05, 0) is 12.5 Å². The van der Waals surface area contributed by atoms with Crippen molar-refractivity contribution in [1.82, 2.24) is 0 Å². The van der Waals surface area contributed by atoms with Crippen LogP contribution < -0.4 is 5.73 Å².